The SMILES string of the molecule is COc1cc(C)nc(Nc2nc([C@H](Cc3ccccc3)NC(=O)OC(C)(C)C)cs2)n1. The van der Waals surface area contributed by atoms with E-state index in [4.69, 9.17) is 9.47 Å². The molecule has 164 valence electrons. The van der Waals surface area contributed by atoms with E-state index >= 15 is 0 Å². The van der Waals surface area contributed by atoms with Crippen LogP contribution in [0.25, 0.3) is 0 Å². The van der Waals surface area contributed by atoms with Crippen LogP contribution in [0.4, 0.5) is 15.9 Å². The molecular weight excluding hydrogens is 414 g/mol. The molecule has 2 N–H and O–H groups in total. The predicted octanol–water partition coefficient (Wildman–Crippen LogP) is 4.80. The van der Waals surface area contributed by atoms with Crippen molar-refractivity contribution in [3.8, 4) is 5.88 Å². The molecule has 2 heterocycles. The lowest BCUT2D eigenvalue weighted by molar-refractivity contribution is 0.0502. The Kier molecular flexibility index (Phi) is 7.06. The number of amides is 1. The number of benzene rings is 1. The number of aryl methyl sites for hydroxylation is 1. The van der Waals surface area contributed by atoms with Crippen molar-refractivity contribution in [3.63, 3.8) is 0 Å². The van der Waals surface area contributed by atoms with Gasteiger partial charge in [-0.3, -0.25) is 5.32 Å². The van der Waals surface area contributed by atoms with Crippen LogP contribution < -0.4 is 15.4 Å². The highest BCUT2D eigenvalue weighted by Crippen LogP contribution is 2.26. The van der Waals surface area contributed by atoms with Crippen molar-refractivity contribution < 1.29 is 14.3 Å². The molecule has 31 heavy (non-hydrogen) atoms. The molecule has 0 saturated carbocycles. The predicted molar refractivity (Wildman–Crippen MR) is 121 cm³/mol. The van der Waals surface area contributed by atoms with E-state index in [0.717, 1.165) is 17.0 Å². The van der Waals surface area contributed by atoms with Gasteiger partial charge >= 0.3 is 6.09 Å². The molecule has 0 aliphatic rings. The van der Waals surface area contributed by atoms with Crippen LogP contribution in [0.2, 0.25) is 0 Å². The number of nitrogens with zero attached hydrogens (tertiary/aromatic N) is 3. The van der Waals surface area contributed by atoms with Gasteiger partial charge in [0.25, 0.3) is 0 Å². The first-order valence-corrected chi connectivity index (χ1v) is 10.8. The van der Waals surface area contributed by atoms with Crippen LogP contribution in [0.15, 0.2) is 41.8 Å². The summed E-state index contributed by atoms with van der Waals surface area (Å²) in [5.74, 6) is 0.873. The summed E-state index contributed by atoms with van der Waals surface area (Å²) in [6.45, 7) is 7.36. The summed E-state index contributed by atoms with van der Waals surface area (Å²) in [4.78, 5) is 25.7. The highest BCUT2D eigenvalue weighted by molar-refractivity contribution is 7.13. The first-order valence-electron chi connectivity index (χ1n) is 9.87. The number of anilines is 2. The van der Waals surface area contributed by atoms with E-state index in [2.05, 4.69) is 25.6 Å². The molecule has 0 saturated heterocycles. The van der Waals surface area contributed by atoms with Crippen molar-refractivity contribution in [1.29, 1.82) is 0 Å². The summed E-state index contributed by atoms with van der Waals surface area (Å²) in [5.41, 5.74) is 2.00. The zero-order chi connectivity index (χ0) is 22.4. The molecule has 0 aliphatic carbocycles. The monoisotopic (exact) mass is 441 g/mol. The van der Waals surface area contributed by atoms with Crippen molar-refractivity contribution >= 4 is 28.5 Å². The Morgan fingerprint density at radius 1 is 1.16 bits per heavy atom. The number of hydrogen-bond donors (Lipinski definition) is 2. The van der Waals surface area contributed by atoms with Gasteiger partial charge in [0.05, 0.1) is 18.8 Å². The molecular formula is C22H27N5O3S. The van der Waals surface area contributed by atoms with Crippen LogP contribution in [0, 0.1) is 6.92 Å². The molecule has 3 aromatic rings. The van der Waals surface area contributed by atoms with Crippen molar-refractivity contribution in [2.24, 2.45) is 0 Å². The zero-order valence-electron chi connectivity index (χ0n) is 18.3. The molecule has 1 aromatic carbocycles. The number of alkyl carbamates (subject to hydrolysis) is 1. The maximum Gasteiger partial charge on any atom is 0.408 e. The summed E-state index contributed by atoms with van der Waals surface area (Å²) in [6.07, 6.45) is 0.0978. The van der Waals surface area contributed by atoms with Gasteiger partial charge in [0, 0.05) is 17.1 Å². The number of thiazole rings is 1. The minimum Gasteiger partial charge on any atom is -0.481 e. The molecule has 0 radical (unpaired) electrons. The Balaban J connectivity index is 1.79. The number of carbonyl (C=O) groups excluding carboxylic acids is 1. The molecule has 1 atom stereocenters. The summed E-state index contributed by atoms with van der Waals surface area (Å²) in [7, 11) is 1.56. The average molecular weight is 442 g/mol. The highest BCUT2D eigenvalue weighted by Gasteiger charge is 2.23. The fourth-order valence-corrected chi connectivity index (χ4v) is 3.59. The first kappa shape index (κ1) is 22.5. The third-order valence-electron chi connectivity index (χ3n) is 4.11. The molecule has 0 bridgehead atoms. The van der Waals surface area contributed by atoms with Gasteiger partial charge < -0.3 is 14.8 Å². The van der Waals surface area contributed by atoms with Crippen LogP contribution in [0.5, 0.6) is 5.88 Å². The molecule has 0 aliphatic heterocycles. The van der Waals surface area contributed by atoms with E-state index in [1.165, 1.54) is 11.3 Å². The van der Waals surface area contributed by atoms with E-state index in [-0.39, 0.29) is 6.04 Å². The molecule has 9 heteroatoms. The standard InChI is InChI=1S/C22H27N5O3S/c1-14-11-18(29-5)26-19(23-14)27-20-24-17(13-31-20)16(12-15-9-7-6-8-10-15)25-21(28)30-22(2,3)4/h6-11,13,16H,12H2,1-5H3,(H,25,28)(H,23,24,26,27)/t16-/m0/s1. The average Bonchev–Trinajstić information content (AvgIpc) is 3.14. The highest BCUT2D eigenvalue weighted by atomic mass is 32.1. The van der Waals surface area contributed by atoms with Gasteiger partial charge in [-0.15, -0.1) is 11.3 Å². The summed E-state index contributed by atoms with van der Waals surface area (Å²) >= 11 is 1.41. The summed E-state index contributed by atoms with van der Waals surface area (Å²) < 4.78 is 10.6. The van der Waals surface area contributed by atoms with E-state index in [1.54, 1.807) is 13.2 Å². The van der Waals surface area contributed by atoms with E-state index in [1.807, 2.05) is 63.4 Å². The lowest BCUT2D eigenvalue weighted by atomic mass is 10.0. The van der Waals surface area contributed by atoms with Crippen LogP contribution in [0.1, 0.15) is 43.8 Å². The molecule has 2 aromatic heterocycles. The second-order valence-electron chi connectivity index (χ2n) is 7.97. The van der Waals surface area contributed by atoms with Crippen LogP contribution >= 0.6 is 11.3 Å². The van der Waals surface area contributed by atoms with E-state index in [9.17, 15) is 4.79 Å². The van der Waals surface area contributed by atoms with Gasteiger partial charge in [-0.1, -0.05) is 30.3 Å². The normalized spacial score (nSPS) is 12.2. The molecule has 1 amide bonds. The fraction of sp³-hybridized carbons (Fsp3) is 0.364. The van der Waals surface area contributed by atoms with Gasteiger partial charge in [-0.25, -0.2) is 14.8 Å². The lowest BCUT2D eigenvalue weighted by Gasteiger charge is -2.23. The third-order valence-corrected chi connectivity index (χ3v) is 4.89. The number of ether oxygens (including phenoxy) is 2. The second-order valence-corrected chi connectivity index (χ2v) is 8.82. The number of nitrogens with one attached hydrogen (secondary N) is 2. The Bertz CT molecular complexity index is 1020. The quantitative estimate of drug-likeness (QED) is 0.543. The maximum atomic E-state index is 12.4. The zero-order valence-corrected chi connectivity index (χ0v) is 19.1. The third kappa shape index (κ3) is 6.92. The Morgan fingerprint density at radius 2 is 1.90 bits per heavy atom. The van der Waals surface area contributed by atoms with Crippen molar-refractivity contribution in [2.75, 3.05) is 12.4 Å². The molecule has 0 fully saturated rings. The minimum atomic E-state index is -0.586. The van der Waals surface area contributed by atoms with Gasteiger partial charge in [0.1, 0.15) is 5.60 Å². The maximum absolute atomic E-state index is 12.4. The molecule has 0 unspecified atom stereocenters. The number of aromatic nitrogens is 3. The van der Waals surface area contributed by atoms with Crippen molar-refractivity contribution in [2.45, 2.75) is 45.8 Å². The Hall–Kier alpha value is -3.20. The topological polar surface area (TPSA) is 98.3 Å². The Morgan fingerprint density at radius 3 is 2.58 bits per heavy atom. The number of hydrogen-bond acceptors (Lipinski definition) is 8. The van der Waals surface area contributed by atoms with Crippen molar-refractivity contribution in [1.82, 2.24) is 20.3 Å². The largest absolute Gasteiger partial charge is 0.481 e. The first-order chi connectivity index (χ1) is 14.7. The van der Waals surface area contributed by atoms with Crippen molar-refractivity contribution in [3.05, 3.63) is 58.7 Å². The number of rotatable bonds is 7. The Labute approximate surface area is 186 Å². The molecule has 0 spiro atoms. The summed E-state index contributed by atoms with van der Waals surface area (Å²) in [6, 6.07) is 11.3. The lowest BCUT2D eigenvalue weighted by Crippen LogP contribution is -2.35. The van der Waals surface area contributed by atoms with Crippen LogP contribution in [-0.4, -0.2) is 33.8 Å². The van der Waals surface area contributed by atoms with E-state index in [0.29, 0.717) is 23.4 Å². The smallest absolute Gasteiger partial charge is 0.408 e. The van der Waals surface area contributed by atoms with Gasteiger partial charge in [0.2, 0.25) is 11.8 Å². The number of carbonyl (C=O) groups is 1. The molecule has 8 nitrogen and oxygen atoms in total. The van der Waals surface area contributed by atoms with E-state index < -0.39 is 11.7 Å². The summed E-state index contributed by atoms with van der Waals surface area (Å²) in [5, 5.41) is 8.58. The van der Waals surface area contributed by atoms with Crippen LogP contribution in [-0.2, 0) is 11.2 Å². The molecule has 3 rings (SSSR count). The van der Waals surface area contributed by atoms with Gasteiger partial charge in [-0.2, -0.15) is 4.98 Å². The number of methoxy groups -OCH3 is 1. The second kappa shape index (κ2) is 9.74. The van der Waals surface area contributed by atoms with Crippen LogP contribution in [0.3, 0.4) is 0 Å². The fourth-order valence-electron chi connectivity index (χ4n) is 2.83. The van der Waals surface area contributed by atoms with Gasteiger partial charge in [-0.05, 0) is 39.7 Å². The minimum absolute atomic E-state index is 0.350. The van der Waals surface area contributed by atoms with Gasteiger partial charge in [0.15, 0.2) is 5.13 Å².